The number of carbonyl (C=O) groups is 2. The molecule has 0 aliphatic heterocycles. The predicted octanol–water partition coefficient (Wildman–Crippen LogP) is 7.17. The van der Waals surface area contributed by atoms with Crippen molar-refractivity contribution >= 4 is 17.6 Å². The number of hydrogen-bond donors (Lipinski definition) is 0. The molecule has 0 amide bonds. The largest absolute Gasteiger partial charge is 0.293 e. The van der Waals surface area contributed by atoms with Crippen LogP contribution >= 0.6 is 0 Å². The van der Waals surface area contributed by atoms with Gasteiger partial charge in [-0.15, -0.1) is 0 Å². The second kappa shape index (κ2) is 10.5. The Hall–Kier alpha value is -4.04. The molecule has 33 heavy (non-hydrogen) atoms. The highest BCUT2D eigenvalue weighted by Gasteiger charge is 2.35. The third kappa shape index (κ3) is 5.42. The molecule has 0 fully saturated rings. The SMILES string of the molecule is Cc1ccc(C(/C=C/c2ccccc2)C(C(=O)c2ccccc2)C(=O)c2ccccc2)cc1. The van der Waals surface area contributed by atoms with Gasteiger partial charge in [0.2, 0.25) is 0 Å². The summed E-state index contributed by atoms with van der Waals surface area (Å²) in [4.78, 5) is 27.6. The van der Waals surface area contributed by atoms with E-state index in [1.807, 2.05) is 110 Å². The van der Waals surface area contributed by atoms with Crippen LogP contribution in [-0.4, -0.2) is 11.6 Å². The van der Waals surface area contributed by atoms with Crippen LogP contribution in [0.3, 0.4) is 0 Å². The molecule has 1 unspecified atom stereocenters. The number of rotatable bonds is 8. The van der Waals surface area contributed by atoms with Crippen molar-refractivity contribution in [3.05, 3.63) is 149 Å². The maximum atomic E-state index is 13.8. The summed E-state index contributed by atoms with van der Waals surface area (Å²) in [7, 11) is 0. The number of hydrogen-bond acceptors (Lipinski definition) is 2. The van der Waals surface area contributed by atoms with Crippen molar-refractivity contribution in [2.75, 3.05) is 0 Å². The molecule has 0 aromatic heterocycles. The summed E-state index contributed by atoms with van der Waals surface area (Å²) >= 11 is 0. The highest BCUT2D eigenvalue weighted by molar-refractivity contribution is 6.17. The van der Waals surface area contributed by atoms with Crippen molar-refractivity contribution in [3.63, 3.8) is 0 Å². The van der Waals surface area contributed by atoms with Crippen molar-refractivity contribution in [1.29, 1.82) is 0 Å². The molecule has 0 aliphatic rings. The fourth-order valence-corrected chi connectivity index (χ4v) is 3.99. The van der Waals surface area contributed by atoms with Gasteiger partial charge >= 0.3 is 0 Å². The molecule has 0 heterocycles. The molecule has 0 saturated heterocycles. The van der Waals surface area contributed by atoms with Crippen molar-refractivity contribution < 1.29 is 9.59 Å². The van der Waals surface area contributed by atoms with E-state index in [1.165, 1.54) is 0 Å². The summed E-state index contributed by atoms with van der Waals surface area (Å²) in [5.41, 5.74) is 4.16. The Morgan fingerprint density at radius 2 is 1.06 bits per heavy atom. The lowest BCUT2D eigenvalue weighted by Gasteiger charge is -2.24. The number of aryl methyl sites for hydroxylation is 1. The lowest BCUT2D eigenvalue weighted by molar-refractivity contribution is 0.0795. The first-order valence-corrected chi connectivity index (χ1v) is 11.1. The van der Waals surface area contributed by atoms with Crippen LogP contribution in [-0.2, 0) is 0 Å². The highest BCUT2D eigenvalue weighted by Crippen LogP contribution is 2.33. The lowest BCUT2D eigenvalue weighted by Crippen LogP contribution is -2.30. The summed E-state index contributed by atoms with van der Waals surface area (Å²) in [5, 5.41) is 0. The van der Waals surface area contributed by atoms with E-state index in [0.29, 0.717) is 11.1 Å². The van der Waals surface area contributed by atoms with Gasteiger partial charge in [-0.05, 0) is 18.1 Å². The molecule has 4 aromatic rings. The molecule has 0 aliphatic carbocycles. The van der Waals surface area contributed by atoms with Crippen LogP contribution in [0.1, 0.15) is 43.3 Å². The predicted molar refractivity (Wildman–Crippen MR) is 134 cm³/mol. The van der Waals surface area contributed by atoms with Crippen LogP contribution in [0.5, 0.6) is 0 Å². The zero-order chi connectivity index (χ0) is 23.0. The van der Waals surface area contributed by atoms with E-state index >= 15 is 0 Å². The Balaban J connectivity index is 1.84. The molecule has 162 valence electrons. The topological polar surface area (TPSA) is 34.1 Å². The Morgan fingerprint density at radius 1 is 0.606 bits per heavy atom. The van der Waals surface area contributed by atoms with Gasteiger partial charge in [-0.1, -0.05) is 133 Å². The normalized spacial score (nSPS) is 12.1. The maximum absolute atomic E-state index is 13.8. The van der Waals surface area contributed by atoms with E-state index in [0.717, 1.165) is 16.7 Å². The average Bonchev–Trinajstić information content (AvgIpc) is 2.88. The lowest BCUT2D eigenvalue weighted by atomic mass is 9.76. The first kappa shape index (κ1) is 22.2. The fourth-order valence-electron chi connectivity index (χ4n) is 3.99. The summed E-state index contributed by atoms with van der Waals surface area (Å²) in [5.74, 6) is -1.64. The Labute approximate surface area is 195 Å². The van der Waals surface area contributed by atoms with Gasteiger partial charge in [0, 0.05) is 17.0 Å². The summed E-state index contributed by atoms with van der Waals surface area (Å²) in [6.07, 6.45) is 3.99. The Bertz CT molecular complexity index is 1170. The summed E-state index contributed by atoms with van der Waals surface area (Å²) in [6.45, 7) is 2.03. The van der Waals surface area contributed by atoms with Crippen molar-refractivity contribution in [1.82, 2.24) is 0 Å². The quantitative estimate of drug-likeness (QED) is 0.219. The standard InChI is InChI=1S/C31H26O2/c1-23-17-20-25(21-18-23)28(22-19-24-11-5-2-6-12-24)29(30(32)26-13-7-3-8-14-26)31(33)27-15-9-4-10-16-27/h2-22,28-29H,1H3/b22-19+. The second-order valence-electron chi connectivity index (χ2n) is 8.14. The Morgan fingerprint density at radius 3 is 1.55 bits per heavy atom. The van der Waals surface area contributed by atoms with Crippen molar-refractivity contribution in [2.45, 2.75) is 12.8 Å². The molecule has 0 radical (unpaired) electrons. The van der Waals surface area contributed by atoms with Gasteiger partial charge in [0.15, 0.2) is 11.6 Å². The molecule has 1 atom stereocenters. The third-order valence-corrected chi connectivity index (χ3v) is 5.80. The molecule has 0 bridgehead atoms. The van der Waals surface area contributed by atoms with Crippen LogP contribution in [0.4, 0.5) is 0 Å². The molecule has 0 saturated carbocycles. The number of ketones is 2. The molecular formula is C31H26O2. The zero-order valence-corrected chi connectivity index (χ0v) is 18.6. The summed E-state index contributed by atoms with van der Waals surface area (Å²) < 4.78 is 0. The van der Waals surface area contributed by atoms with E-state index < -0.39 is 11.8 Å². The third-order valence-electron chi connectivity index (χ3n) is 5.80. The first-order valence-electron chi connectivity index (χ1n) is 11.1. The van der Waals surface area contributed by atoms with Gasteiger partial charge in [-0.25, -0.2) is 0 Å². The molecule has 0 N–H and O–H groups in total. The van der Waals surface area contributed by atoms with Gasteiger partial charge in [0.05, 0.1) is 5.92 Å². The van der Waals surface area contributed by atoms with Gasteiger partial charge in [-0.2, -0.15) is 0 Å². The van der Waals surface area contributed by atoms with E-state index in [9.17, 15) is 9.59 Å². The number of allylic oxidation sites excluding steroid dienone is 1. The average molecular weight is 431 g/mol. The monoisotopic (exact) mass is 430 g/mol. The minimum atomic E-state index is -0.877. The zero-order valence-electron chi connectivity index (χ0n) is 18.6. The number of benzene rings is 4. The number of Topliss-reactive ketones (excluding diaryl/α,β-unsaturated/α-hetero) is 2. The first-order chi connectivity index (χ1) is 16.1. The smallest absolute Gasteiger partial charge is 0.174 e. The van der Waals surface area contributed by atoms with Gasteiger partial charge in [0.25, 0.3) is 0 Å². The van der Waals surface area contributed by atoms with Crippen LogP contribution < -0.4 is 0 Å². The Kier molecular flexibility index (Phi) is 7.06. The van der Waals surface area contributed by atoms with Gasteiger partial charge in [-0.3, -0.25) is 9.59 Å². The van der Waals surface area contributed by atoms with Gasteiger partial charge < -0.3 is 0 Å². The van der Waals surface area contributed by atoms with E-state index in [-0.39, 0.29) is 11.6 Å². The maximum Gasteiger partial charge on any atom is 0.174 e. The van der Waals surface area contributed by atoms with Crippen LogP contribution in [0.2, 0.25) is 0 Å². The van der Waals surface area contributed by atoms with Crippen molar-refractivity contribution in [2.24, 2.45) is 5.92 Å². The second-order valence-corrected chi connectivity index (χ2v) is 8.14. The number of carbonyl (C=O) groups excluding carboxylic acids is 2. The van der Waals surface area contributed by atoms with Crippen LogP contribution in [0, 0.1) is 12.8 Å². The minimum absolute atomic E-state index is 0.173. The molecule has 2 heteroatoms. The highest BCUT2D eigenvalue weighted by atomic mass is 16.2. The van der Waals surface area contributed by atoms with Crippen LogP contribution in [0.25, 0.3) is 6.08 Å². The van der Waals surface area contributed by atoms with E-state index in [2.05, 4.69) is 0 Å². The van der Waals surface area contributed by atoms with E-state index in [1.54, 1.807) is 24.3 Å². The van der Waals surface area contributed by atoms with Gasteiger partial charge in [0.1, 0.15) is 0 Å². The molecule has 2 nitrogen and oxygen atoms in total. The van der Waals surface area contributed by atoms with Crippen molar-refractivity contribution in [3.8, 4) is 0 Å². The summed E-state index contributed by atoms with van der Waals surface area (Å²) in [6, 6.07) is 36.2. The molecule has 4 rings (SSSR count). The fraction of sp³-hybridized carbons (Fsp3) is 0.0968. The minimum Gasteiger partial charge on any atom is -0.293 e. The van der Waals surface area contributed by atoms with E-state index in [4.69, 9.17) is 0 Å². The molecule has 0 spiro atoms. The molecular weight excluding hydrogens is 404 g/mol. The van der Waals surface area contributed by atoms with Crippen LogP contribution in [0.15, 0.2) is 121 Å². The molecule has 4 aromatic carbocycles.